The number of aliphatic hydroxyl groups excluding tert-OH is 1. The number of benzene rings is 1. The van der Waals surface area contributed by atoms with Crippen molar-refractivity contribution in [2.75, 3.05) is 6.54 Å². The lowest BCUT2D eigenvalue weighted by molar-refractivity contribution is 0.0945. The van der Waals surface area contributed by atoms with E-state index in [1.807, 2.05) is 0 Å². The lowest BCUT2D eigenvalue weighted by atomic mass is 10.1. The number of rotatable bonds is 3. The summed E-state index contributed by atoms with van der Waals surface area (Å²) in [5.74, 6) is 0.285. The minimum Gasteiger partial charge on any atom is -0.393 e. The molecule has 0 bridgehead atoms. The van der Waals surface area contributed by atoms with E-state index in [-0.39, 0.29) is 12.0 Å². The molecular weight excluding hydrogens is 254 g/mol. The number of carbonyl (C=O) groups excluding carboxylic acids is 1. The topological polar surface area (TPSA) is 75.1 Å². The Bertz CT molecular complexity index is 629. The van der Waals surface area contributed by atoms with E-state index in [4.69, 9.17) is 0 Å². The van der Waals surface area contributed by atoms with E-state index in [0.717, 1.165) is 30.3 Å². The van der Waals surface area contributed by atoms with Gasteiger partial charge in [-0.25, -0.2) is 0 Å². The van der Waals surface area contributed by atoms with Gasteiger partial charge in [-0.2, -0.15) is 0 Å². The quantitative estimate of drug-likeness (QED) is 0.887. The van der Waals surface area contributed by atoms with E-state index in [1.54, 1.807) is 30.6 Å². The predicted octanol–water partition coefficient (Wildman–Crippen LogP) is 1.52. The smallest absolute Gasteiger partial charge is 0.251 e. The second kappa shape index (κ2) is 5.54. The minimum absolute atomic E-state index is 0.0982. The summed E-state index contributed by atoms with van der Waals surface area (Å²) in [4.78, 5) is 20.5. The number of hydrogen-bond donors (Lipinski definition) is 2. The molecule has 3 rings (SSSR count). The second-order valence-corrected chi connectivity index (χ2v) is 5.30. The molecule has 1 aliphatic rings. The number of aliphatic hydroxyl groups is 1. The van der Waals surface area contributed by atoms with Crippen LogP contribution in [-0.2, 0) is 0 Å². The second-order valence-electron chi connectivity index (χ2n) is 5.30. The maximum absolute atomic E-state index is 12.1. The zero-order valence-electron chi connectivity index (χ0n) is 11.1. The van der Waals surface area contributed by atoms with Gasteiger partial charge in [-0.15, -0.1) is 0 Å². The van der Waals surface area contributed by atoms with Gasteiger partial charge in [0.05, 0.1) is 17.1 Å². The molecule has 1 aromatic carbocycles. The van der Waals surface area contributed by atoms with Crippen LogP contribution >= 0.6 is 0 Å². The first kappa shape index (κ1) is 13.0. The molecule has 1 aromatic heterocycles. The Morgan fingerprint density at radius 2 is 2.05 bits per heavy atom. The van der Waals surface area contributed by atoms with Crippen molar-refractivity contribution in [3.05, 3.63) is 36.2 Å². The molecule has 5 nitrogen and oxygen atoms in total. The highest BCUT2D eigenvalue weighted by atomic mass is 16.3. The van der Waals surface area contributed by atoms with Crippen LogP contribution < -0.4 is 5.32 Å². The number of aromatic nitrogens is 2. The Balaban J connectivity index is 1.66. The zero-order chi connectivity index (χ0) is 13.9. The lowest BCUT2D eigenvalue weighted by Crippen LogP contribution is -2.28. The molecule has 1 amide bonds. The molecule has 5 heteroatoms. The van der Waals surface area contributed by atoms with Gasteiger partial charge in [-0.3, -0.25) is 14.8 Å². The van der Waals surface area contributed by atoms with Gasteiger partial charge < -0.3 is 10.4 Å². The van der Waals surface area contributed by atoms with Crippen LogP contribution in [0.25, 0.3) is 11.0 Å². The summed E-state index contributed by atoms with van der Waals surface area (Å²) in [5.41, 5.74) is 2.09. The van der Waals surface area contributed by atoms with Gasteiger partial charge in [0.1, 0.15) is 0 Å². The molecule has 2 unspecified atom stereocenters. The van der Waals surface area contributed by atoms with Crippen molar-refractivity contribution in [1.29, 1.82) is 0 Å². The molecule has 1 saturated carbocycles. The molecule has 1 heterocycles. The summed E-state index contributed by atoms with van der Waals surface area (Å²) in [7, 11) is 0. The average Bonchev–Trinajstić information content (AvgIpc) is 2.90. The maximum atomic E-state index is 12.1. The minimum atomic E-state index is -0.201. The molecule has 1 fully saturated rings. The van der Waals surface area contributed by atoms with Gasteiger partial charge in [0, 0.05) is 24.5 Å². The van der Waals surface area contributed by atoms with Crippen molar-refractivity contribution in [2.45, 2.75) is 25.4 Å². The highest BCUT2D eigenvalue weighted by molar-refractivity contribution is 5.97. The van der Waals surface area contributed by atoms with Crippen LogP contribution in [0.1, 0.15) is 29.6 Å². The molecular formula is C15H17N3O2. The molecule has 20 heavy (non-hydrogen) atoms. The fraction of sp³-hybridized carbons (Fsp3) is 0.400. The first-order valence-electron chi connectivity index (χ1n) is 6.89. The Kier molecular flexibility index (Phi) is 3.60. The molecule has 0 spiro atoms. The molecule has 0 saturated heterocycles. The van der Waals surface area contributed by atoms with Gasteiger partial charge in [0.2, 0.25) is 0 Å². The van der Waals surface area contributed by atoms with Crippen molar-refractivity contribution in [1.82, 2.24) is 15.3 Å². The highest BCUT2D eigenvalue weighted by Crippen LogP contribution is 2.24. The molecule has 104 valence electrons. The summed E-state index contributed by atoms with van der Waals surface area (Å²) >= 11 is 0. The molecule has 2 N–H and O–H groups in total. The normalized spacial score (nSPS) is 22.1. The van der Waals surface area contributed by atoms with Crippen molar-refractivity contribution in [2.24, 2.45) is 5.92 Å². The Labute approximate surface area is 117 Å². The number of hydrogen-bond acceptors (Lipinski definition) is 4. The third-order valence-corrected chi connectivity index (χ3v) is 3.80. The number of carbonyl (C=O) groups is 1. The van der Waals surface area contributed by atoms with Crippen molar-refractivity contribution in [3.8, 4) is 0 Å². The third-order valence-electron chi connectivity index (χ3n) is 3.80. The van der Waals surface area contributed by atoms with Gasteiger partial charge in [-0.1, -0.05) is 0 Å². The molecule has 0 aliphatic heterocycles. The Morgan fingerprint density at radius 3 is 2.80 bits per heavy atom. The fourth-order valence-electron chi connectivity index (χ4n) is 2.68. The summed E-state index contributed by atoms with van der Waals surface area (Å²) < 4.78 is 0. The van der Waals surface area contributed by atoms with Crippen molar-refractivity contribution in [3.63, 3.8) is 0 Å². The number of nitrogens with one attached hydrogen (secondary N) is 1. The summed E-state index contributed by atoms with van der Waals surface area (Å²) in [5, 5.41) is 12.4. The largest absolute Gasteiger partial charge is 0.393 e. The van der Waals surface area contributed by atoms with E-state index in [1.165, 1.54) is 0 Å². The summed E-state index contributed by atoms with van der Waals surface area (Å²) in [6.45, 7) is 0.619. The fourth-order valence-corrected chi connectivity index (χ4v) is 2.68. The standard InChI is InChI=1S/C15H17N3O2/c19-12-3-1-10(7-12)9-18-15(20)11-2-4-13-14(8-11)17-6-5-16-13/h2,4-6,8,10,12,19H,1,3,7,9H2,(H,18,20). The van der Waals surface area contributed by atoms with Gasteiger partial charge in [-0.05, 0) is 43.4 Å². The zero-order valence-corrected chi connectivity index (χ0v) is 11.1. The van der Waals surface area contributed by atoms with Gasteiger partial charge in [0.15, 0.2) is 0 Å². The third kappa shape index (κ3) is 2.77. The summed E-state index contributed by atoms with van der Waals surface area (Å²) in [6.07, 6.45) is 5.64. The van der Waals surface area contributed by atoms with Gasteiger partial charge >= 0.3 is 0 Å². The van der Waals surface area contributed by atoms with Gasteiger partial charge in [0.25, 0.3) is 5.91 Å². The van der Waals surface area contributed by atoms with Crippen LogP contribution in [0.4, 0.5) is 0 Å². The summed E-state index contributed by atoms with van der Waals surface area (Å²) in [6, 6.07) is 5.31. The molecule has 2 aromatic rings. The number of fused-ring (bicyclic) bond motifs is 1. The predicted molar refractivity (Wildman–Crippen MR) is 75.2 cm³/mol. The van der Waals surface area contributed by atoms with Crippen LogP contribution in [-0.4, -0.2) is 33.6 Å². The van der Waals surface area contributed by atoms with Crippen LogP contribution in [0.5, 0.6) is 0 Å². The van der Waals surface area contributed by atoms with Crippen LogP contribution in [0.3, 0.4) is 0 Å². The Morgan fingerprint density at radius 1 is 1.25 bits per heavy atom. The van der Waals surface area contributed by atoms with E-state index in [0.29, 0.717) is 18.0 Å². The van der Waals surface area contributed by atoms with E-state index < -0.39 is 0 Å². The van der Waals surface area contributed by atoms with Crippen LogP contribution in [0.2, 0.25) is 0 Å². The molecule has 0 radical (unpaired) electrons. The lowest BCUT2D eigenvalue weighted by Gasteiger charge is -2.11. The average molecular weight is 271 g/mol. The monoisotopic (exact) mass is 271 g/mol. The van der Waals surface area contributed by atoms with Crippen molar-refractivity contribution >= 4 is 16.9 Å². The first-order chi connectivity index (χ1) is 9.72. The van der Waals surface area contributed by atoms with E-state index in [2.05, 4.69) is 15.3 Å². The van der Waals surface area contributed by atoms with Crippen molar-refractivity contribution < 1.29 is 9.90 Å². The van der Waals surface area contributed by atoms with E-state index in [9.17, 15) is 9.90 Å². The van der Waals surface area contributed by atoms with Crippen LogP contribution in [0.15, 0.2) is 30.6 Å². The van der Waals surface area contributed by atoms with Crippen LogP contribution in [0, 0.1) is 5.92 Å². The molecule has 1 aliphatic carbocycles. The highest BCUT2D eigenvalue weighted by Gasteiger charge is 2.23. The number of nitrogens with zero attached hydrogens (tertiary/aromatic N) is 2. The SMILES string of the molecule is O=C(NCC1CCC(O)C1)c1ccc2nccnc2c1. The van der Waals surface area contributed by atoms with E-state index >= 15 is 0 Å². The maximum Gasteiger partial charge on any atom is 0.251 e. The Hall–Kier alpha value is -2.01. The number of amides is 1. The first-order valence-corrected chi connectivity index (χ1v) is 6.89. The molecule has 2 atom stereocenters.